The molecule has 0 saturated heterocycles. The van der Waals surface area contributed by atoms with Gasteiger partial charge in [0.1, 0.15) is 5.41 Å². The number of hydrogen-bond acceptors (Lipinski definition) is 2. The average Bonchev–Trinajstić information content (AvgIpc) is 3.06. The van der Waals surface area contributed by atoms with Crippen molar-refractivity contribution < 1.29 is 0 Å². The lowest BCUT2D eigenvalue weighted by atomic mass is 9.60. The van der Waals surface area contributed by atoms with Crippen LogP contribution in [-0.2, 0) is 11.8 Å². The summed E-state index contributed by atoms with van der Waals surface area (Å²) >= 11 is 0. The number of fused-ring (bicyclic) bond motifs is 2. The minimum absolute atomic E-state index is 0.0608. The van der Waals surface area contributed by atoms with Crippen molar-refractivity contribution in [2.24, 2.45) is 0 Å². The van der Waals surface area contributed by atoms with Crippen LogP contribution in [0.5, 0.6) is 0 Å². The molecule has 0 unspecified atom stereocenters. The van der Waals surface area contributed by atoms with Crippen LogP contribution in [0.1, 0.15) is 45.2 Å². The third-order valence-corrected chi connectivity index (χ3v) is 6.04. The van der Waals surface area contributed by atoms with Gasteiger partial charge in [-0.2, -0.15) is 10.5 Å². The van der Waals surface area contributed by atoms with Crippen LogP contribution in [0.25, 0.3) is 0 Å². The van der Waals surface area contributed by atoms with E-state index in [9.17, 15) is 10.5 Å². The summed E-state index contributed by atoms with van der Waals surface area (Å²) in [6, 6.07) is 29.7. The lowest BCUT2D eigenvalue weighted by Crippen LogP contribution is -2.36. The maximum absolute atomic E-state index is 10.5. The molecule has 0 spiro atoms. The number of hydrogen-bond donors (Lipinski definition) is 0. The molecule has 5 rings (SSSR count). The zero-order valence-corrected chi connectivity index (χ0v) is 14.2. The number of nitrogens with zero attached hydrogens (tertiary/aromatic N) is 2. The molecule has 3 aromatic carbocycles. The molecule has 0 aromatic heterocycles. The molecule has 26 heavy (non-hydrogen) atoms. The summed E-state index contributed by atoms with van der Waals surface area (Å²) in [7, 11) is 0. The Hall–Kier alpha value is -3.36. The third kappa shape index (κ3) is 1.69. The highest BCUT2D eigenvalue weighted by atomic mass is 14.6. The standard InChI is InChI=1S/C24H16N2/c25-14-20-18-10-4-5-12-21(18)24(15-26)22(16-7-2-1-3-8-16)13-17-9-6-11-19(20)23(17)24/h1-12,20,22H,13H2/t20-,22+,24-/m1/s1. The maximum atomic E-state index is 10.5. The van der Waals surface area contributed by atoms with Gasteiger partial charge in [-0.3, -0.25) is 0 Å². The minimum Gasteiger partial charge on any atom is -0.197 e. The van der Waals surface area contributed by atoms with E-state index in [2.05, 4.69) is 30.3 Å². The highest BCUT2D eigenvalue weighted by Crippen LogP contribution is 2.59. The Kier molecular flexibility index (Phi) is 3.05. The van der Waals surface area contributed by atoms with Crippen molar-refractivity contribution in [3.05, 3.63) is 106 Å². The Bertz CT molecular complexity index is 1100. The van der Waals surface area contributed by atoms with Gasteiger partial charge in [-0.15, -0.1) is 0 Å². The van der Waals surface area contributed by atoms with Crippen LogP contribution in [-0.4, -0.2) is 0 Å². The van der Waals surface area contributed by atoms with E-state index < -0.39 is 5.41 Å². The van der Waals surface area contributed by atoms with Gasteiger partial charge in [0.15, 0.2) is 0 Å². The normalized spacial score (nSPS) is 24.8. The molecule has 122 valence electrons. The Labute approximate surface area is 153 Å². The van der Waals surface area contributed by atoms with Crippen molar-refractivity contribution in [2.75, 3.05) is 0 Å². The first-order valence-electron chi connectivity index (χ1n) is 8.88. The summed E-state index contributed by atoms with van der Waals surface area (Å²) in [5.41, 5.74) is 5.71. The van der Waals surface area contributed by atoms with Gasteiger partial charge in [-0.25, -0.2) is 0 Å². The molecule has 2 nitrogen and oxygen atoms in total. The summed E-state index contributed by atoms with van der Waals surface area (Å²) < 4.78 is 0. The van der Waals surface area contributed by atoms with Crippen molar-refractivity contribution in [2.45, 2.75) is 23.7 Å². The molecule has 0 aliphatic heterocycles. The lowest BCUT2D eigenvalue weighted by molar-refractivity contribution is 0.532. The Morgan fingerprint density at radius 1 is 0.808 bits per heavy atom. The second-order valence-corrected chi connectivity index (χ2v) is 7.12. The third-order valence-electron chi connectivity index (χ3n) is 6.04. The van der Waals surface area contributed by atoms with E-state index in [1.807, 2.05) is 54.6 Å². The van der Waals surface area contributed by atoms with Crippen LogP contribution in [0, 0.1) is 22.7 Å². The number of benzene rings is 3. The van der Waals surface area contributed by atoms with Gasteiger partial charge < -0.3 is 0 Å². The second kappa shape index (κ2) is 5.32. The smallest absolute Gasteiger partial charge is 0.115 e. The molecule has 3 aromatic rings. The first kappa shape index (κ1) is 14.9. The lowest BCUT2D eigenvalue weighted by Gasteiger charge is -2.38. The maximum Gasteiger partial charge on any atom is 0.115 e. The van der Waals surface area contributed by atoms with Gasteiger partial charge >= 0.3 is 0 Å². The van der Waals surface area contributed by atoms with Gasteiger partial charge in [-0.05, 0) is 39.8 Å². The summed E-state index contributed by atoms with van der Waals surface area (Å²) in [5.74, 6) is -0.247. The van der Waals surface area contributed by atoms with Crippen molar-refractivity contribution in [1.82, 2.24) is 0 Å². The molecule has 0 bridgehead atoms. The SMILES string of the molecule is N#C[C@@H]1c2ccccc2[C@@]2(C#N)c3c(cccc31)C[C@H]2c1ccccc1. The van der Waals surface area contributed by atoms with Crippen LogP contribution in [0.4, 0.5) is 0 Å². The molecule has 0 radical (unpaired) electrons. The molecule has 0 fully saturated rings. The van der Waals surface area contributed by atoms with E-state index in [0.29, 0.717) is 0 Å². The molecule has 2 aliphatic rings. The first-order chi connectivity index (χ1) is 12.8. The molecule has 0 N–H and O–H groups in total. The molecule has 3 atom stereocenters. The van der Waals surface area contributed by atoms with E-state index >= 15 is 0 Å². The van der Waals surface area contributed by atoms with E-state index in [0.717, 1.165) is 28.7 Å². The minimum atomic E-state index is -0.725. The second-order valence-electron chi connectivity index (χ2n) is 7.12. The molecule has 0 amide bonds. The fraction of sp³-hybridized carbons (Fsp3) is 0.167. The molecule has 2 aliphatic carbocycles. The van der Waals surface area contributed by atoms with Crippen LogP contribution in [0.15, 0.2) is 72.8 Å². The monoisotopic (exact) mass is 332 g/mol. The molecular formula is C24H16N2. The summed E-state index contributed by atoms with van der Waals surface area (Å²) in [6.45, 7) is 0. The Morgan fingerprint density at radius 2 is 1.54 bits per heavy atom. The van der Waals surface area contributed by atoms with Crippen LogP contribution in [0.3, 0.4) is 0 Å². The Balaban J connectivity index is 1.90. The van der Waals surface area contributed by atoms with Crippen LogP contribution >= 0.6 is 0 Å². The van der Waals surface area contributed by atoms with Crippen molar-refractivity contribution in [3.8, 4) is 12.1 Å². The van der Waals surface area contributed by atoms with Gasteiger partial charge in [0, 0.05) is 5.92 Å². The predicted molar refractivity (Wildman–Crippen MR) is 99.6 cm³/mol. The first-order valence-corrected chi connectivity index (χ1v) is 8.88. The summed E-state index contributed by atoms with van der Waals surface area (Å²) in [5, 5.41) is 20.4. The van der Waals surface area contributed by atoms with E-state index in [1.165, 1.54) is 11.1 Å². The van der Waals surface area contributed by atoms with E-state index in [-0.39, 0.29) is 11.8 Å². The fourth-order valence-electron chi connectivity index (χ4n) is 5.04. The topological polar surface area (TPSA) is 47.6 Å². The summed E-state index contributed by atoms with van der Waals surface area (Å²) in [4.78, 5) is 0. The zero-order valence-electron chi connectivity index (χ0n) is 14.2. The van der Waals surface area contributed by atoms with Crippen LogP contribution < -0.4 is 0 Å². The molecular weight excluding hydrogens is 316 g/mol. The quantitative estimate of drug-likeness (QED) is 0.642. The van der Waals surface area contributed by atoms with E-state index in [4.69, 9.17) is 0 Å². The molecule has 2 heteroatoms. The van der Waals surface area contributed by atoms with Crippen molar-refractivity contribution in [3.63, 3.8) is 0 Å². The zero-order chi connectivity index (χ0) is 17.7. The van der Waals surface area contributed by atoms with Crippen LogP contribution in [0.2, 0.25) is 0 Å². The van der Waals surface area contributed by atoms with E-state index in [1.54, 1.807) is 0 Å². The van der Waals surface area contributed by atoms with Gasteiger partial charge in [0.2, 0.25) is 0 Å². The number of rotatable bonds is 1. The number of nitriles is 2. The fourth-order valence-corrected chi connectivity index (χ4v) is 5.04. The van der Waals surface area contributed by atoms with Gasteiger partial charge in [0.25, 0.3) is 0 Å². The average molecular weight is 332 g/mol. The van der Waals surface area contributed by atoms with Crippen molar-refractivity contribution in [1.29, 1.82) is 10.5 Å². The predicted octanol–water partition coefficient (Wildman–Crippen LogP) is 4.81. The van der Waals surface area contributed by atoms with Gasteiger partial charge in [0.05, 0.1) is 18.1 Å². The Morgan fingerprint density at radius 3 is 2.31 bits per heavy atom. The molecule has 0 heterocycles. The highest BCUT2D eigenvalue weighted by molar-refractivity contribution is 5.69. The van der Waals surface area contributed by atoms with Crippen molar-refractivity contribution >= 4 is 0 Å². The summed E-state index contributed by atoms with van der Waals surface area (Å²) in [6.07, 6.45) is 0.827. The largest absolute Gasteiger partial charge is 0.197 e. The molecule has 0 saturated carbocycles. The van der Waals surface area contributed by atoms with Gasteiger partial charge in [-0.1, -0.05) is 72.8 Å². The highest BCUT2D eigenvalue weighted by Gasteiger charge is 2.54.